The minimum Gasteiger partial charge on any atom is -0.379 e. The largest absolute Gasteiger partial charge is 0.379 e. The highest BCUT2D eigenvalue weighted by Gasteiger charge is 2.28. The zero-order valence-corrected chi connectivity index (χ0v) is 18.8. The smallest absolute Gasteiger partial charge is 0.178 e. The predicted molar refractivity (Wildman–Crippen MR) is 122 cm³/mol. The zero-order chi connectivity index (χ0) is 22.2. The topological polar surface area (TPSA) is 48.7 Å². The van der Waals surface area contributed by atoms with E-state index in [1.165, 1.54) is 28.9 Å². The van der Waals surface area contributed by atoms with Crippen LogP contribution in [0.4, 0.5) is 14.5 Å². The average Bonchev–Trinajstić information content (AvgIpc) is 3.16. The normalized spacial score (nSPS) is 23.0. The van der Waals surface area contributed by atoms with Crippen LogP contribution in [-0.4, -0.2) is 69.7 Å². The molecule has 1 aliphatic carbocycles. The molecular weight excluding hydrogens is 434 g/mol. The summed E-state index contributed by atoms with van der Waals surface area (Å²) in [5.41, 5.74) is 1.26. The lowest BCUT2D eigenvalue weighted by Gasteiger charge is -2.41. The van der Waals surface area contributed by atoms with Crippen LogP contribution in [-0.2, 0) is 0 Å². The van der Waals surface area contributed by atoms with Crippen LogP contribution in [0.1, 0.15) is 25.7 Å². The van der Waals surface area contributed by atoms with E-state index in [0.29, 0.717) is 22.5 Å². The van der Waals surface area contributed by atoms with Gasteiger partial charge in [-0.15, -0.1) is 0 Å². The van der Waals surface area contributed by atoms with Crippen molar-refractivity contribution in [2.24, 2.45) is 0 Å². The molecule has 2 aromatic heterocycles. The summed E-state index contributed by atoms with van der Waals surface area (Å²) < 4.78 is 30.3. The Labute approximate surface area is 191 Å². The number of benzene rings is 1. The van der Waals surface area contributed by atoms with Crippen molar-refractivity contribution in [1.29, 1.82) is 0 Å². The van der Waals surface area contributed by atoms with Gasteiger partial charge in [0.15, 0.2) is 10.8 Å². The number of rotatable bonds is 4. The van der Waals surface area contributed by atoms with Crippen LogP contribution in [0, 0.1) is 11.6 Å². The maximum absolute atomic E-state index is 14.4. The van der Waals surface area contributed by atoms with E-state index in [2.05, 4.69) is 32.2 Å². The second-order valence-corrected chi connectivity index (χ2v) is 9.23. The summed E-state index contributed by atoms with van der Waals surface area (Å²) in [5, 5.41) is 8.21. The molecule has 1 N–H and O–H groups in total. The van der Waals surface area contributed by atoms with E-state index in [-0.39, 0.29) is 17.3 Å². The number of hydrogen-bond acceptors (Lipinski definition) is 5. The number of fused-ring (bicyclic) bond motifs is 1. The summed E-state index contributed by atoms with van der Waals surface area (Å²) in [5.74, 6) is -1.32. The molecule has 1 aromatic carbocycles. The molecule has 2 aliphatic rings. The molecule has 0 spiro atoms. The van der Waals surface area contributed by atoms with Crippen LogP contribution >= 0.6 is 11.6 Å². The maximum atomic E-state index is 14.4. The molecule has 0 amide bonds. The quantitative estimate of drug-likeness (QED) is 0.629. The molecule has 1 saturated carbocycles. The lowest BCUT2D eigenvalue weighted by Crippen LogP contribution is -2.50. The van der Waals surface area contributed by atoms with Crippen molar-refractivity contribution in [2.75, 3.05) is 38.5 Å². The molecule has 0 unspecified atom stereocenters. The molecular formula is C23H27ClF2N6. The first-order chi connectivity index (χ1) is 15.5. The number of nitrogens with one attached hydrogen (secondary N) is 1. The third kappa shape index (κ3) is 4.19. The van der Waals surface area contributed by atoms with Crippen molar-refractivity contribution < 1.29 is 8.78 Å². The van der Waals surface area contributed by atoms with Crippen LogP contribution in [0.15, 0.2) is 30.5 Å². The van der Waals surface area contributed by atoms with Crippen molar-refractivity contribution in [1.82, 2.24) is 24.4 Å². The van der Waals surface area contributed by atoms with Gasteiger partial charge >= 0.3 is 0 Å². The van der Waals surface area contributed by atoms with Gasteiger partial charge in [-0.2, -0.15) is 9.61 Å². The van der Waals surface area contributed by atoms with Crippen LogP contribution in [0.3, 0.4) is 0 Å². The molecule has 0 atom stereocenters. The van der Waals surface area contributed by atoms with Crippen molar-refractivity contribution in [3.05, 3.63) is 47.2 Å². The highest BCUT2D eigenvalue weighted by atomic mass is 35.5. The molecule has 6 nitrogen and oxygen atoms in total. The van der Waals surface area contributed by atoms with E-state index >= 15 is 0 Å². The molecule has 1 saturated heterocycles. The van der Waals surface area contributed by atoms with Gasteiger partial charge in [-0.05, 0) is 50.9 Å². The van der Waals surface area contributed by atoms with Gasteiger partial charge in [-0.25, -0.2) is 13.8 Å². The van der Waals surface area contributed by atoms with Gasteiger partial charge in [0.05, 0.1) is 23.1 Å². The maximum Gasteiger partial charge on any atom is 0.178 e. The zero-order valence-electron chi connectivity index (χ0n) is 18.1. The second kappa shape index (κ2) is 8.92. The molecule has 2 fully saturated rings. The first-order valence-corrected chi connectivity index (χ1v) is 11.5. The van der Waals surface area contributed by atoms with Crippen LogP contribution in [0.25, 0.3) is 16.9 Å². The van der Waals surface area contributed by atoms with Gasteiger partial charge in [0, 0.05) is 38.3 Å². The van der Waals surface area contributed by atoms with E-state index in [1.54, 1.807) is 6.07 Å². The van der Waals surface area contributed by atoms with Crippen LogP contribution in [0.5, 0.6) is 0 Å². The molecule has 3 heterocycles. The Hall–Kier alpha value is -2.29. The summed E-state index contributed by atoms with van der Waals surface area (Å²) in [6.45, 7) is 4.52. The highest BCUT2D eigenvalue weighted by Crippen LogP contribution is 2.32. The predicted octanol–water partition coefficient (Wildman–Crippen LogP) is 4.30. The van der Waals surface area contributed by atoms with Gasteiger partial charge in [-0.1, -0.05) is 17.7 Å². The molecule has 32 heavy (non-hydrogen) atoms. The highest BCUT2D eigenvalue weighted by molar-refractivity contribution is 6.29. The van der Waals surface area contributed by atoms with E-state index < -0.39 is 11.6 Å². The van der Waals surface area contributed by atoms with Crippen LogP contribution in [0.2, 0.25) is 5.15 Å². The Morgan fingerprint density at radius 3 is 2.41 bits per heavy atom. The van der Waals surface area contributed by atoms with Gasteiger partial charge in [0.25, 0.3) is 0 Å². The SMILES string of the molecule is CN1CCN(C2CCC(Nc3cc(-c4c(F)cccc4F)nn4c(Cl)cnc34)CC2)CC1. The average molecular weight is 461 g/mol. The van der Waals surface area contributed by atoms with Crippen LogP contribution < -0.4 is 5.32 Å². The molecule has 5 rings (SSSR count). The van der Waals surface area contributed by atoms with E-state index in [9.17, 15) is 8.78 Å². The lowest BCUT2D eigenvalue weighted by atomic mass is 9.89. The van der Waals surface area contributed by atoms with Crippen molar-refractivity contribution in [2.45, 2.75) is 37.8 Å². The van der Waals surface area contributed by atoms with Gasteiger partial charge in [-0.3, -0.25) is 4.90 Å². The minimum atomic E-state index is -0.660. The fraction of sp³-hybridized carbons (Fsp3) is 0.478. The summed E-state index contributed by atoms with van der Waals surface area (Å²) in [6, 6.07) is 6.36. The molecule has 170 valence electrons. The lowest BCUT2D eigenvalue weighted by molar-refractivity contribution is 0.0894. The number of piperazine rings is 1. The van der Waals surface area contributed by atoms with Gasteiger partial charge in [0.1, 0.15) is 11.6 Å². The Morgan fingerprint density at radius 2 is 1.72 bits per heavy atom. The molecule has 3 aromatic rings. The number of nitrogens with zero attached hydrogens (tertiary/aromatic N) is 5. The molecule has 0 radical (unpaired) electrons. The standard InChI is InChI=1S/C23H27ClF2N6/c1-30-9-11-31(12-10-30)16-7-5-15(6-8-16)28-20-13-19(22-17(25)3-2-4-18(22)26)29-32-21(24)14-27-23(20)32/h2-4,13-16,28H,5-12H2,1H3. The number of aromatic nitrogens is 3. The summed E-state index contributed by atoms with van der Waals surface area (Å²) in [6.07, 6.45) is 5.83. The number of hydrogen-bond donors (Lipinski definition) is 1. The van der Waals surface area contributed by atoms with Gasteiger partial charge < -0.3 is 10.2 Å². The Bertz CT molecular complexity index is 1080. The van der Waals surface area contributed by atoms with Crippen molar-refractivity contribution in [3.8, 4) is 11.3 Å². The summed E-state index contributed by atoms with van der Waals surface area (Å²) in [7, 11) is 2.18. The number of likely N-dealkylation sites (N-methyl/N-ethyl adjacent to an activating group) is 1. The Morgan fingerprint density at radius 1 is 1.03 bits per heavy atom. The van der Waals surface area contributed by atoms with E-state index in [0.717, 1.165) is 51.9 Å². The number of halogens is 3. The number of imidazole rings is 1. The Balaban J connectivity index is 1.37. The minimum absolute atomic E-state index is 0.166. The van der Waals surface area contributed by atoms with Crippen molar-refractivity contribution in [3.63, 3.8) is 0 Å². The number of anilines is 1. The molecule has 0 bridgehead atoms. The fourth-order valence-electron chi connectivity index (χ4n) is 4.90. The molecule has 1 aliphatic heterocycles. The van der Waals surface area contributed by atoms with E-state index in [1.807, 2.05) is 0 Å². The summed E-state index contributed by atoms with van der Waals surface area (Å²) in [4.78, 5) is 9.36. The first-order valence-electron chi connectivity index (χ1n) is 11.2. The third-order valence-corrected chi connectivity index (χ3v) is 7.01. The fourth-order valence-corrected chi connectivity index (χ4v) is 5.07. The monoisotopic (exact) mass is 460 g/mol. The second-order valence-electron chi connectivity index (χ2n) is 8.85. The third-order valence-electron chi connectivity index (χ3n) is 6.76. The Kier molecular flexibility index (Phi) is 6.01. The van der Waals surface area contributed by atoms with Crippen molar-refractivity contribution >= 4 is 22.9 Å². The summed E-state index contributed by atoms with van der Waals surface area (Å²) >= 11 is 6.26. The molecule has 9 heteroatoms. The van der Waals surface area contributed by atoms with Gasteiger partial charge in [0.2, 0.25) is 0 Å². The first kappa shape index (κ1) is 21.6. The van der Waals surface area contributed by atoms with E-state index in [4.69, 9.17) is 11.6 Å².